The second kappa shape index (κ2) is 12.2. The number of carbonyl (C=O) groups is 1. The lowest BCUT2D eigenvalue weighted by atomic mass is 10.0. The van der Waals surface area contributed by atoms with Gasteiger partial charge in [0.05, 0.1) is 25.7 Å². The molecular formula is C25H32FN6O8P. The van der Waals surface area contributed by atoms with E-state index in [4.69, 9.17) is 24.3 Å². The number of rotatable bonds is 11. The molecule has 1 saturated heterocycles. The molecule has 2 aliphatic rings. The van der Waals surface area contributed by atoms with Gasteiger partial charge in [-0.1, -0.05) is 18.2 Å². The van der Waals surface area contributed by atoms with Crippen molar-refractivity contribution in [2.24, 2.45) is 5.92 Å². The Kier molecular flexibility index (Phi) is 8.71. The number of alkyl halides is 1. The molecule has 6 atom stereocenters. The Morgan fingerprint density at radius 1 is 1.34 bits per heavy atom. The zero-order chi connectivity index (χ0) is 29.1. The predicted octanol–water partition coefficient (Wildman–Crippen LogP) is 2.21. The van der Waals surface area contributed by atoms with Crippen LogP contribution in [0.1, 0.15) is 38.8 Å². The molecule has 1 aromatic carbocycles. The third kappa shape index (κ3) is 6.44. The summed E-state index contributed by atoms with van der Waals surface area (Å²) in [5.74, 6) is -1.69. The molecule has 3 heterocycles. The number of aromatic nitrogens is 4. The zero-order valence-electron chi connectivity index (χ0n) is 22.2. The first kappa shape index (κ1) is 29.1. The molecule has 1 aliphatic heterocycles. The molecule has 1 unspecified atom stereocenters. The monoisotopic (exact) mass is 594 g/mol. The number of hydrogen-bond acceptors (Lipinski definition) is 11. The molecule has 1 aliphatic carbocycles. The molecule has 0 spiro atoms. The molecule has 222 valence electrons. The lowest BCUT2D eigenvalue weighted by molar-refractivity contribution is -0.150. The van der Waals surface area contributed by atoms with Crippen LogP contribution in [0.4, 0.5) is 10.3 Å². The van der Waals surface area contributed by atoms with E-state index in [1.165, 1.54) is 17.8 Å². The molecule has 2 aromatic heterocycles. The van der Waals surface area contributed by atoms with Crippen molar-refractivity contribution in [3.63, 3.8) is 0 Å². The molecule has 41 heavy (non-hydrogen) atoms. The number of imidazole rings is 1. The van der Waals surface area contributed by atoms with Crippen molar-refractivity contribution in [3.05, 3.63) is 47.0 Å². The topological polar surface area (TPSA) is 193 Å². The molecule has 3 aromatic rings. The van der Waals surface area contributed by atoms with Crippen LogP contribution in [-0.2, 0) is 23.4 Å². The number of nitrogens with zero attached hydrogens (tertiary/aromatic N) is 3. The third-order valence-electron chi connectivity index (χ3n) is 7.09. The van der Waals surface area contributed by atoms with Gasteiger partial charge in [0.2, 0.25) is 5.95 Å². The largest absolute Gasteiger partial charge is 0.461 e. The van der Waals surface area contributed by atoms with Crippen LogP contribution >= 0.6 is 7.75 Å². The number of halogens is 1. The fraction of sp³-hybridized carbons (Fsp3) is 0.520. The van der Waals surface area contributed by atoms with Gasteiger partial charge < -0.3 is 24.8 Å². The van der Waals surface area contributed by atoms with Gasteiger partial charge in [-0.3, -0.25) is 28.1 Å². The highest BCUT2D eigenvalue weighted by Crippen LogP contribution is 2.46. The summed E-state index contributed by atoms with van der Waals surface area (Å²) in [6.07, 6.45) is 0.785. The lowest BCUT2D eigenvalue weighted by Gasteiger charge is -2.25. The first-order valence-electron chi connectivity index (χ1n) is 13.3. The zero-order valence-corrected chi connectivity index (χ0v) is 23.1. The predicted molar refractivity (Wildman–Crippen MR) is 144 cm³/mol. The van der Waals surface area contributed by atoms with Crippen molar-refractivity contribution in [3.8, 4) is 5.75 Å². The summed E-state index contributed by atoms with van der Waals surface area (Å²) in [5, 5.41) is 13.5. The summed E-state index contributed by atoms with van der Waals surface area (Å²) >= 11 is 0. The molecule has 0 radical (unpaired) electrons. The maximum Gasteiger partial charge on any atom is 0.459 e. The Morgan fingerprint density at radius 2 is 2.07 bits per heavy atom. The number of carbonyl (C=O) groups excluding carboxylic acids is 1. The number of hydrogen-bond donors (Lipinski definition) is 4. The summed E-state index contributed by atoms with van der Waals surface area (Å²) in [7, 11) is -4.27. The number of H-pyrrole nitrogens is 1. The summed E-state index contributed by atoms with van der Waals surface area (Å²) in [6.45, 7) is -0.00920. The number of ether oxygens (including phenoxy) is 2. The van der Waals surface area contributed by atoms with Crippen LogP contribution in [0.5, 0.6) is 5.75 Å². The number of benzene rings is 1. The summed E-state index contributed by atoms with van der Waals surface area (Å²) in [6, 6.07) is 7.12. The Morgan fingerprint density at radius 3 is 2.78 bits per heavy atom. The van der Waals surface area contributed by atoms with Crippen LogP contribution in [0.3, 0.4) is 0 Å². The van der Waals surface area contributed by atoms with Crippen molar-refractivity contribution >= 4 is 30.8 Å². The van der Waals surface area contributed by atoms with E-state index in [2.05, 4.69) is 20.0 Å². The Bertz CT molecular complexity index is 1470. The van der Waals surface area contributed by atoms with Gasteiger partial charge in [0, 0.05) is 5.92 Å². The van der Waals surface area contributed by atoms with Crippen molar-refractivity contribution < 1.29 is 37.4 Å². The highest BCUT2D eigenvalue weighted by molar-refractivity contribution is 7.52. The van der Waals surface area contributed by atoms with E-state index < -0.39 is 63.0 Å². The fourth-order valence-electron chi connectivity index (χ4n) is 4.95. The van der Waals surface area contributed by atoms with Gasteiger partial charge in [-0.2, -0.15) is 10.1 Å². The van der Waals surface area contributed by atoms with E-state index >= 15 is 0 Å². The van der Waals surface area contributed by atoms with E-state index in [1.54, 1.807) is 30.3 Å². The molecular weight excluding hydrogens is 562 g/mol. The quantitative estimate of drug-likeness (QED) is 0.187. The number of nitrogens with two attached hydrogens (primary N) is 1. The molecule has 2 fully saturated rings. The standard InChI is InChI=1S/C25H32FN6O8P/c1-14(24(35)38-15-7-5-6-8-15)31-41(36,40-16-9-3-2-4-10-16)37-12-18-17(11-26)20(33)23(39-18)32-13-28-19-21(32)29-25(27)30-22(19)34/h2-4,9-10,13-15,17-18,20,23,33H,5-8,11-12H2,1H3,(H,31,36)(H3,27,29,30,34)/t14-,17+,18+,20+,23+,41?/m0/s1. The number of aliphatic hydroxyl groups excluding tert-OH is 1. The van der Waals surface area contributed by atoms with E-state index in [0.717, 1.165) is 25.7 Å². The van der Waals surface area contributed by atoms with Gasteiger partial charge in [0.25, 0.3) is 5.56 Å². The molecule has 14 nitrogen and oxygen atoms in total. The number of nitrogens with one attached hydrogen (secondary N) is 2. The fourth-order valence-corrected chi connectivity index (χ4v) is 6.45. The number of aromatic amines is 1. The van der Waals surface area contributed by atoms with Crippen LogP contribution in [0.15, 0.2) is 41.5 Å². The maximum atomic E-state index is 14.1. The lowest BCUT2D eigenvalue weighted by Crippen LogP contribution is -2.37. The van der Waals surface area contributed by atoms with Crippen molar-refractivity contribution in [1.29, 1.82) is 0 Å². The minimum atomic E-state index is -4.27. The average Bonchev–Trinajstić information content (AvgIpc) is 3.67. The number of nitrogen functional groups attached to an aromatic ring is 1. The van der Waals surface area contributed by atoms with Gasteiger partial charge in [0.1, 0.15) is 24.0 Å². The van der Waals surface area contributed by atoms with Crippen LogP contribution in [-0.4, -0.2) is 68.2 Å². The maximum absolute atomic E-state index is 14.1. The van der Waals surface area contributed by atoms with E-state index in [0.29, 0.717) is 0 Å². The number of anilines is 1. The van der Waals surface area contributed by atoms with Crippen LogP contribution in [0.25, 0.3) is 11.2 Å². The molecule has 16 heteroatoms. The Labute approximate surface area is 233 Å². The third-order valence-corrected chi connectivity index (χ3v) is 8.74. The van der Waals surface area contributed by atoms with Crippen molar-refractivity contribution in [1.82, 2.24) is 24.6 Å². The Hall–Kier alpha value is -3.36. The first-order chi connectivity index (χ1) is 19.7. The Balaban J connectivity index is 1.33. The van der Waals surface area contributed by atoms with E-state index in [1.807, 2.05) is 0 Å². The second-order valence-corrected chi connectivity index (χ2v) is 11.7. The normalized spacial score (nSPS) is 25.2. The second-order valence-electron chi connectivity index (χ2n) is 10.0. The van der Waals surface area contributed by atoms with Crippen LogP contribution < -0.4 is 20.9 Å². The molecule has 5 rings (SSSR count). The number of aliphatic hydroxyl groups is 1. The molecule has 1 saturated carbocycles. The minimum Gasteiger partial charge on any atom is -0.461 e. The van der Waals surface area contributed by atoms with Crippen molar-refractivity contribution in [2.45, 2.75) is 63.2 Å². The van der Waals surface area contributed by atoms with Crippen molar-refractivity contribution in [2.75, 3.05) is 19.0 Å². The minimum absolute atomic E-state index is 0.0313. The smallest absolute Gasteiger partial charge is 0.459 e. The van der Waals surface area contributed by atoms with Gasteiger partial charge in [0.15, 0.2) is 17.4 Å². The number of para-hydroxylation sites is 1. The van der Waals surface area contributed by atoms with Gasteiger partial charge in [-0.05, 0) is 44.7 Å². The van der Waals surface area contributed by atoms with E-state index in [9.17, 15) is 23.7 Å². The van der Waals surface area contributed by atoms with E-state index in [-0.39, 0.29) is 29.0 Å². The molecule has 0 bridgehead atoms. The number of esters is 1. The summed E-state index contributed by atoms with van der Waals surface area (Å²) in [5.41, 5.74) is 5.05. The summed E-state index contributed by atoms with van der Waals surface area (Å²) < 4.78 is 52.1. The highest BCUT2D eigenvalue weighted by Gasteiger charge is 2.47. The first-order valence-corrected chi connectivity index (χ1v) is 14.8. The van der Waals surface area contributed by atoms with Gasteiger partial charge in [-0.15, -0.1) is 0 Å². The van der Waals surface area contributed by atoms with Crippen LogP contribution in [0, 0.1) is 5.92 Å². The average molecular weight is 595 g/mol. The molecule has 0 amide bonds. The van der Waals surface area contributed by atoms with Crippen LogP contribution in [0.2, 0.25) is 0 Å². The van der Waals surface area contributed by atoms with Gasteiger partial charge in [-0.25, -0.2) is 9.55 Å². The SMILES string of the molecule is C[C@H](NP(=O)(OC[C@H]1O[C@@H](n2cnc3c(=O)[nH]c(N)nc32)[C@H](O)[C@@H]1CF)Oc1ccccc1)C(=O)OC1CCCC1. The number of fused-ring (bicyclic) bond motifs is 1. The van der Waals surface area contributed by atoms with Gasteiger partial charge >= 0.3 is 13.7 Å². The highest BCUT2D eigenvalue weighted by atomic mass is 31.2. The summed E-state index contributed by atoms with van der Waals surface area (Å²) in [4.78, 5) is 35.2. The molecule has 5 N–H and O–H groups in total.